The Morgan fingerprint density at radius 1 is 0.436 bits per heavy atom. The first-order chi connectivity index (χ1) is 27.0. The van der Waals surface area contributed by atoms with Crippen molar-refractivity contribution in [3.05, 3.63) is 222 Å². The molecule has 0 bridgehead atoms. The number of rotatable bonds is 8. The molecule has 1 aromatic heterocycles. The van der Waals surface area contributed by atoms with E-state index in [9.17, 15) is 0 Å². The van der Waals surface area contributed by atoms with Gasteiger partial charge in [-0.3, -0.25) is 0 Å². The smallest absolute Gasteiger partial charge is 0.0541 e. The van der Waals surface area contributed by atoms with Crippen molar-refractivity contribution >= 4 is 21.8 Å². The molecule has 1 aliphatic carbocycles. The summed E-state index contributed by atoms with van der Waals surface area (Å²) in [6, 6.07) is 71.9. The van der Waals surface area contributed by atoms with Gasteiger partial charge in [0.15, 0.2) is 0 Å². The van der Waals surface area contributed by atoms with Gasteiger partial charge < -0.3 is 4.57 Å². The number of fused-ring (bicyclic) bond motifs is 6. The minimum atomic E-state index is -0.0288. The number of aryl methyl sites for hydroxylation is 1. The van der Waals surface area contributed by atoms with E-state index >= 15 is 0 Å². The monoisotopic (exact) mass is 705 g/mol. The number of benzene rings is 8. The molecular formula is C54H43N. The zero-order chi connectivity index (χ0) is 36.9. The van der Waals surface area contributed by atoms with Gasteiger partial charge in [-0.25, -0.2) is 0 Å². The first kappa shape index (κ1) is 33.2. The second-order valence-electron chi connectivity index (χ2n) is 15.7. The van der Waals surface area contributed by atoms with Gasteiger partial charge >= 0.3 is 0 Å². The molecule has 264 valence electrons. The Labute approximate surface area is 324 Å². The maximum Gasteiger partial charge on any atom is 0.0541 e. The number of nitrogens with zero attached hydrogens (tertiary/aromatic N) is 1. The largest absolute Gasteiger partial charge is 0.309 e. The molecule has 1 nitrogen and oxygen atoms in total. The van der Waals surface area contributed by atoms with Gasteiger partial charge in [-0.05, 0) is 104 Å². The van der Waals surface area contributed by atoms with Gasteiger partial charge in [0.25, 0.3) is 0 Å². The van der Waals surface area contributed by atoms with Gasteiger partial charge in [0.1, 0.15) is 0 Å². The summed E-state index contributed by atoms with van der Waals surface area (Å²) in [6.45, 7) is 4.76. The van der Waals surface area contributed by atoms with E-state index in [4.69, 9.17) is 0 Å². The first-order valence-corrected chi connectivity index (χ1v) is 19.6. The molecule has 0 saturated heterocycles. The van der Waals surface area contributed by atoms with Gasteiger partial charge in [0.2, 0.25) is 0 Å². The Morgan fingerprint density at radius 3 is 1.82 bits per heavy atom. The highest BCUT2D eigenvalue weighted by Crippen LogP contribution is 2.49. The number of hydrogen-bond donors (Lipinski definition) is 0. The van der Waals surface area contributed by atoms with Crippen LogP contribution in [-0.2, 0) is 11.8 Å². The van der Waals surface area contributed by atoms with Crippen LogP contribution in [0.4, 0.5) is 0 Å². The number of aromatic nitrogens is 1. The summed E-state index contributed by atoms with van der Waals surface area (Å²) in [6.07, 6.45) is 2.02. The van der Waals surface area contributed by atoms with Crippen LogP contribution >= 0.6 is 0 Å². The molecule has 0 amide bonds. The van der Waals surface area contributed by atoms with Crippen LogP contribution in [0.5, 0.6) is 0 Å². The van der Waals surface area contributed by atoms with Gasteiger partial charge in [-0.15, -0.1) is 0 Å². The summed E-state index contributed by atoms with van der Waals surface area (Å²) in [5.74, 6) is 0.277. The van der Waals surface area contributed by atoms with E-state index in [0.717, 1.165) is 12.8 Å². The van der Waals surface area contributed by atoms with Gasteiger partial charge in [-0.2, -0.15) is 0 Å². The quantitative estimate of drug-likeness (QED) is 0.148. The van der Waals surface area contributed by atoms with E-state index in [-0.39, 0.29) is 11.3 Å². The van der Waals surface area contributed by atoms with E-state index in [2.05, 4.69) is 213 Å². The Kier molecular flexibility index (Phi) is 8.11. The SMILES string of the molecule is CC1(C)c2ccccc2-c2ccc([C@H](CCc3ccc(-c4ccc5c(c4)c4ccccc4n5-c4ccccc4)cc3)c3ccc(-c4ccccc4)cc3)cc21. The summed E-state index contributed by atoms with van der Waals surface area (Å²) in [4.78, 5) is 0. The molecule has 10 rings (SSSR count). The molecule has 8 aromatic carbocycles. The molecule has 0 fully saturated rings. The predicted octanol–water partition coefficient (Wildman–Crippen LogP) is 14.2. The summed E-state index contributed by atoms with van der Waals surface area (Å²) in [5, 5.41) is 2.56. The standard InChI is InChI=1S/C54H43N/c1-54(2)50-19-11-9-17-46(50)47-33-30-43(36-51(47)54)45(41-28-26-39(27-29-41)38-13-5-3-6-14-38)32-23-37-21-24-40(25-22-37)42-31-34-53-49(35-42)48-18-10-12-20-52(48)55(53)44-15-7-4-8-16-44/h3-22,24-31,33-36,45H,23,32H2,1-2H3/t45-/m1/s1. The van der Waals surface area contributed by atoms with Crippen molar-refractivity contribution in [3.63, 3.8) is 0 Å². The molecule has 1 heteroatoms. The third kappa shape index (κ3) is 5.79. The van der Waals surface area contributed by atoms with Crippen molar-refractivity contribution in [2.24, 2.45) is 0 Å². The van der Waals surface area contributed by atoms with Crippen molar-refractivity contribution < 1.29 is 0 Å². The minimum Gasteiger partial charge on any atom is -0.309 e. The van der Waals surface area contributed by atoms with Crippen molar-refractivity contribution in [3.8, 4) is 39.1 Å². The second-order valence-corrected chi connectivity index (χ2v) is 15.7. The lowest BCUT2D eigenvalue weighted by Crippen LogP contribution is -2.15. The van der Waals surface area contributed by atoms with E-state index in [0.29, 0.717) is 0 Å². The maximum atomic E-state index is 2.51. The summed E-state index contributed by atoms with van der Waals surface area (Å²) in [5.41, 5.74) is 18.4. The molecule has 1 atom stereocenters. The summed E-state index contributed by atoms with van der Waals surface area (Å²) < 4.78 is 2.38. The fraction of sp³-hybridized carbons (Fsp3) is 0.111. The highest BCUT2D eigenvalue weighted by molar-refractivity contribution is 6.10. The molecule has 1 aliphatic rings. The van der Waals surface area contributed by atoms with E-state index in [1.165, 1.54) is 88.7 Å². The zero-order valence-corrected chi connectivity index (χ0v) is 31.4. The van der Waals surface area contributed by atoms with Crippen LogP contribution in [0, 0.1) is 0 Å². The molecular weight excluding hydrogens is 663 g/mol. The molecule has 9 aromatic rings. The minimum absolute atomic E-state index is 0.0288. The van der Waals surface area contributed by atoms with Crippen LogP contribution in [0.2, 0.25) is 0 Å². The molecule has 0 spiro atoms. The van der Waals surface area contributed by atoms with E-state index in [1.807, 2.05) is 0 Å². The topological polar surface area (TPSA) is 4.93 Å². The summed E-state index contributed by atoms with van der Waals surface area (Å²) >= 11 is 0. The molecule has 0 saturated carbocycles. The average molecular weight is 706 g/mol. The second kappa shape index (κ2) is 13.4. The number of hydrogen-bond acceptors (Lipinski definition) is 0. The Bertz CT molecular complexity index is 2800. The Morgan fingerprint density at radius 2 is 1.02 bits per heavy atom. The summed E-state index contributed by atoms with van der Waals surface area (Å²) in [7, 11) is 0. The number of para-hydroxylation sites is 2. The van der Waals surface area contributed by atoms with Crippen molar-refractivity contribution in [1.29, 1.82) is 0 Å². The van der Waals surface area contributed by atoms with Crippen molar-refractivity contribution in [1.82, 2.24) is 4.57 Å². The maximum absolute atomic E-state index is 2.51. The van der Waals surface area contributed by atoms with E-state index < -0.39 is 0 Å². The highest BCUT2D eigenvalue weighted by atomic mass is 15.0. The Balaban J connectivity index is 0.962. The molecule has 55 heavy (non-hydrogen) atoms. The predicted molar refractivity (Wildman–Crippen MR) is 232 cm³/mol. The van der Waals surface area contributed by atoms with E-state index in [1.54, 1.807) is 0 Å². The van der Waals surface area contributed by atoms with Gasteiger partial charge in [0.05, 0.1) is 11.0 Å². The molecule has 0 radical (unpaired) electrons. The average Bonchev–Trinajstić information content (AvgIpc) is 3.70. The molecule has 1 heterocycles. The van der Waals surface area contributed by atoms with Crippen LogP contribution < -0.4 is 0 Å². The first-order valence-electron chi connectivity index (χ1n) is 19.6. The lowest BCUT2D eigenvalue weighted by atomic mass is 9.79. The lowest BCUT2D eigenvalue weighted by Gasteiger charge is -2.24. The fourth-order valence-corrected chi connectivity index (χ4v) is 9.19. The third-order valence-corrected chi connectivity index (χ3v) is 12.1. The molecule has 0 unspecified atom stereocenters. The van der Waals surface area contributed by atoms with Crippen LogP contribution in [0.15, 0.2) is 194 Å². The van der Waals surface area contributed by atoms with Crippen molar-refractivity contribution in [2.75, 3.05) is 0 Å². The zero-order valence-electron chi connectivity index (χ0n) is 31.4. The van der Waals surface area contributed by atoms with Crippen LogP contribution in [0.25, 0.3) is 60.9 Å². The third-order valence-electron chi connectivity index (χ3n) is 12.1. The van der Waals surface area contributed by atoms with Crippen LogP contribution in [-0.4, -0.2) is 4.57 Å². The molecule has 0 N–H and O–H groups in total. The Hall–Kier alpha value is -6.44. The normalized spacial score (nSPS) is 13.5. The van der Waals surface area contributed by atoms with Crippen LogP contribution in [0.3, 0.4) is 0 Å². The van der Waals surface area contributed by atoms with Crippen molar-refractivity contribution in [2.45, 2.75) is 38.0 Å². The van der Waals surface area contributed by atoms with Crippen LogP contribution in [0.1, 0.15) is 54.0 Å². The molecule has 0 aliphatic heterocycles. The van der Waals surface area contributed by atoms with Gasteiger partial charge in [-0.1, -0.05) is 178 Å². The fourth-order valence-electron chi connectivity index (χ4n) is 9.19. The van der Waals surface area contributed by atoms with Gasteiger partial charge in [0, 0.05) is 27.8 Å². The highest BCUT2D eigenvalue weighted by Gasteiger charge is 2.35. The lowest BCUT2D eigenvalue weighted by molar-refractivity contribution is 0.654.